The summed E-state index contributed by atoms with van der Waals surface area (Å²) in [5, 5.41) is 13.6. The summed E-state index contributed by atoms with van der Waals surface area (Å²) in [7, 11) is 0. The lowest BCUT2D eigenvalue weighted by Gasteiger charge is -2.01. The van der Waals surface area contributed by atoms with Crippen molar-refractivity contribution >= 4 is 5.91 Å². The Bertz CT molecular complexity index is 780. The summed E-state index contributed by atoms with van der Waals surface area (Å²) in [5.41, 5.74) is 1.61. The van der Waals surface area contributed by atoms with E-state index in [0.29, 0.717) is 30.4 Å². The van der Waals surface area contributed by atoms with Crippen molar-refractivity contribution in [1.82, 2.24) is 30.6 Å². The van der Waals surface area contributed by atoms with E-state index in [2.05, 4.69) is 30.6 Å². The summed E-state index contributed by atoms with van der Waals surface area (Å²) in [5.74, 6) is 1.74. The molecule has 0 bridgehead atoms. The molecule has 0 saturated heterocycles. The zero-order valence-corrected chi connectivity index (χ0v) is 12.6. The zero-order chi connectivity index (χ0) is 16.1. The molecule has 3 aromatic heterocycles. The van der Waals surface area contributed by atoms with Crippen LogP contribution in [-0.2, 0) is 17.6 Å². The van der Waals surface area contributed by atoms with Gasteiger partial charge in [0, 0.05) is 37.0 Å². The van der Waals surface area contributed by atoms with Crippen LogP contribution in [-0.4, -0.2) is 37.8 Å². The number of pyridine rings is 1. The lowest BCUT2D eigenvalue weighted by molar-refractivity contribution is -0.120. The Labute approximate surface area is 132 Å². The van der Waals surface area contributed by atoms with Crippen LogP contribution in [0.25, 0.3) is 11.4 Å². The molecule has 0 fully saturated rings. The first-order chi connectivity index (χ1) is 11.2. The minimum atomic E-state index is -0.117. The van der Waals surface area contributed by atoms with E-state index < -0.39 is 0 Å². The maximum Gasteiger partial charge on any atom is 0.227 e. The second-order valence-corrected chi connectivity index (χ2v) is 5.06. The average Bonchev–Trinajstić information content (AvgIpc) is 3.17. The van der Waals surface area contributed by atoms with E-state index in [4.69, 9.17) is 4.52 Å². The minimum Gasteiger partial charge on any atom is -0.361 e. The summed E-state index contributed by atoms with van der Waals surface area (Å²) in [6.07, 6.45) is 4.14. The van der Waals surface area contributed by atoms with Gasteiger partial charge in [-0.2, -0.15) is 5.10 Å². The molecule has 0 atom stereocenters. The number of nitrogens with zero attached hydrogens (tertiary/aromatic N) is 4. The van der Waals surface area contributed by atoms with Crippen LogP contribution in [0.1, 0.15) is 17.3 Å². The number of amides is 1. The van der Waals surface area contributed by atoms with Crippen LogP contribution in [0, 0.1) is 6.92 Å². The van der Waals surface area contributed by atoms with E-state index in [-0.39, 0.29) is 12.3 Å². The monoisotopic (exact) mass is 312 g/mol. The van der Waals surface area contributed by atoms with Gasteiger partial charge in [0.15, 0.2) is 5.82 Å². The van der Waals surface area contributed by atoms with Crippen molar-refractivity contribution in [3.05, 3.63) is 47.9 Å². The van der Waals surface area contributed by atoms with E-state index in [1.807, 2.05) is 19.1 Å². The molecule has 0 spiro atoms. The number of nitrogens with one attached hydrogen (secondary N) is 2. The molecule has 0 aliphatic rings. The van der Waals surface area contributed by atoms with Crippen molar-refractivity contribution in [1.29, 1.82) is 0 Å². The predicted molar refractivity (Wildman–Crippen MR) is 81.3 cm³/mol. The van der Waals surface area contributed by atoms with Gasteiger partial charge >= 0.3 is 0 Å². The highest BCUT2D eigenvalue weighted by atomic mass is 16.5. The third-order valence-corrected chi connectivity index (χ3v) is 3.15. The Balaban J connectivity index is 1.47. The highest BCUT2D eigenvalue weighted by Crippen LogP contribution is 2.11. The Morgan fingerprint density at radius 3 is 3.09 bits per heavy atom. The fourth-order valence-electron chi connectivity index (χ4n) is 2.07. The second kappa shape index (κ2) is 6.82. The fraction of sp³-hybridized carbons (Fsp3) is 0.267. The van der Waals surface area contributed by atoms with Crippen LogP contribution in [0.15, 0.2) is 35.1 Å². The lowest BCUT2D eigenvalue weighted by atomic mass is 10.3. The summed E-state index contributed by atoms with van der Waals surface area (Å²) in [4.78, 5) is 20.2. The van der Waals surface area contributed by atoms with Gasteiger partial charge in [0.25, 0.3) is 0 Å². The number of hydrogen-bond donors (Lipinski definition) is 2. The van der Waals surface area contributed by atoms with Gasteiger partial charge in [0.2, 0.25) is 5.91 Å². The van der Waals surface area contributed by atoms with Crippen molar-refractivity contribution in [2.75, 3.05) is 6.54 Å². The van der Waals surface area contributed by atoms with Crippen LogP contribution in [0.3, 0.4) is 0 Å². The summed E-state index contributed by atoms with van der Waals surface area (Å²) in [6, 6.07) is 5.47. The van der Waals surface area contributed by atoms with Crippen molar-refractivity contribution < 1.29 is 9.32 Å². The molecule has 3 aromatic rings. The number of rotatable bonds is 6. The van der Waals surface area contributed by atoms with Crippen LogP contribution in [0.4, 0.5) is 0 Å². The van der Waals surface area contributed by atoms with Gasteiger partial charge in [-0.25, -0.2) is 4.98 Å². The fourth-order valence-corrected chi connectivity index (χ4v) is 2.07. The maximum absolute atomic E-state index is 11.8. The maximum atomic E-state index is 11.8. The standard InChI is InChI=1S/C15H16N6O2/c1-10-7-12(23-21-10)8-14(22)17-6-4-13-18-15(20-19-13)11-3-2-5-16-9-11/h2-3,5,7,9H,4,6,8H2,1H3,(H,17,22)(H,18,19,20). The highest BCUT2D eigenvalue weighted by molar-refractivity contribution is 5.77. The van der Waals surface area contributed by atoms with Gasteiger partial charge in [-0.05, 0) is 19.1 Å². The number of H-pyrrole nitrogens is 1. The molecule has 118 valence electrons. The van der Waals surface area contributed by atoms with E-state index >= 15 is 0 Å². The molecule has 0 radical (unpaired) electrons. The Morgan fingerprint density at radius 2 is 2.35 bits per heavy atom. The minimum absolute atomic E-state index is 0.117. The van der Waals surface area contributed by atoms with Crippen LogP contribution in [0.5, 0.6) is 0 Å². The molecule has 0 unspecified atom stereocenters. The number of carbonyl (C=O) groups excluding carboxylic acids is 1. The SMILES string of the molecule is Cc1cc(CC(=O)NCCc2nc(-c3cccnc3)n[nH]2)on1. The molecule has 8 heteroatoms. The molecule has 0 aliphatic heterocycles. The Morgan fingerprint density at radius 1 is 1.43 bits per heavy atom. The molecule has 0 aromatic carbocycles. The molecule has 2 N–H and O–H groups in total. The first kappa shape index (κ1) is 14.9. The van der Waals surface area contributed by atoms with Crippen molar-refractivity contribution in [3.8, 4) is 11.4 Å². The van der Waals surface area contributed by atoms with E-state index in [1.54, 1.807) is 18.5 Å². The molecule has 23 heavy (non-hydrogen) atoms. The summed E-state index contributed by atoms with van der Waals surface area (Å²) in [6.45, 7) is 2.28. The number of aryl methyl sites for hydroxylation is 1. The quantitative estimate of drug-likeness (QED) is 0.704. The normalized spacial score (nSPS) is 10.7. The third kappa shape index (κ3) is 4.00. The van der Waals surface area contributed by atoms with Crippen molar-refractivity contribution in [2.24, 2.45) is 0 Å². The molecule has 3 rings (SSSR count). The number of hydrogen-bond acceptors (Lipinski definition) is 6. The van der Waals surface area contributed by atoms with Gasteiger partial charge in [0.05, 0.1) is 12.1 Å². The van der Waals surface area contributed by atoms with E-state index in [9.17, 15) is 4.79 Å². The molecule has 8 nitrogen and oxygen atoms in total. The Hall–Kier alpha value is -3.03. The van der Waals surface area contributed by atoms with Gasteiger partial charge in [-0.15, -0.1) is 0 Å². The summed E-state index contributed by atoms with van der Waals surface area (Å²) >= 11 is 0. The van der Waals surface area contributed by atoms with Crippen LogP contribution >= 0.6 is 0 Å². The van der Waals surface area contributed by atoms with E-state index in [0.717, 1.165) is 11.3 Å². The molecule has 1 amide bonds. The van der Waals surface area contributed by atoms with Crippen molar-refractivity contribution in [2.45, 2.75) is 19.8 Å². The van der Waals surface area contributed by atoms with Gasteiger partial charge in [-0.3, -0.25) is 14.9 Å². The topological polar surface area (TPSA) is 110 Å². The van der Waals surface area contributed by atoms with E-state index in [1.165, 1.54) is 0 Å². The van der Waals surface area contributed by atoms with Gasteiger partial charge < -0.3 is 9.84 Å². The smallest absolute Gasteiger partial charge is 0.227 e. The molecular weight excluding hydrogens is 296 g/mol. The molecular formula is C15H16N6O2. The molecule has 0 saturated carbocycles. The summed E-state index contributed by atoms with van der Waals surface area (Å²) < 4.78 is 5.01. The Kier molecular flexibility index (Phi) is 4.41. The van der Waals surface area contributed by atoms with Gasteiger partial charge in [-0.1, -0.05) is 5.16 Å². The van der Waals surface area contributed by atoms with Crippen LogP contribution < -0.4 is 5.32 Å². The molecule has 0 aliphatic carbocycles. The number of aromatic nitrogens is 5. The van der Waals surface area contributed by atoms with Crippen LogP contribution in [0.2, 0.25) is 0 Å². The predicted octanol–water partition coefficient (Wildman–Crippen LogP) is 1.06. The lowest BCUT2D eigenvalue weighted by Crippen LogP contribution is -2.27. The zero-order valence-electron chi connectivity index (χ0n) is 12.6. The highest BCUT2D eigenvalue weighted by Gasteiger charge is 2.09. The average molecular weight is 312 g/mol. The first-order valence-electron chi connectivity index (χ1n) is 7.21. The van der Waals surface area contributed by atoms with Gasteiger partial charge in [0.1, 0.15) is 11.6 Å². The molecule has 3 heterocycles. The first-order valence-corrected chi connectivity index (χ1v) is 7.21. The number of aromatic amines is 1. The largest absolute Gasteiger partial charge is 0.361 e. The third-order valence-electron chi connectivity index (χ3n) is 3.15. The number of carbonyl (C=O) groups is 1. The second-order valence-electron chi connectivity index (χ2n) is 5.06. The van der Waals surface area contributed by atoms with Crippen molar-refractivity contribution in [3.63, 3.8) is 0 Å².